The Morgan fingerprint density at radius 1 is 1.00 bits per heavy atom. The smallest absolute Gasteiger partial charge is 0.309 e. The highest BCUT2D eigenvalue weighted by Gasteiger charge is 2.70. The number of carbonyl (C=O) groups excluding carboxylic acids is 1. The van der Waals surface area contributed by atoms with Crippen molar-refractivity contribution in [2.24, 2.45) is 50.2 Å². The lowest BCUT2D eigenvalue weighted by atomic mass is 9.33. The molecule has 5 fully saturated rings. The summed E-state index contributed by atoms with van der Waals surface area (Å²) >= 11 is 0. The number of carbonyl (C=O) groups is 2. The number of carboxylic acids is 1. The first-order valence-electron chi connectivity index (χ1n) is 15.3. The predicted octanol–water partition coefficient (Wildman–Crippen LogP) is 6.84. The Hall–Kier alpha value is -1.20. The van der Waals surface area contributed by atoms with Crippen molar-refractivity contribution in [1.82, 2.24) is 0 Å². The summed E-state index contributed by atoms with van der Waals surface area (Å²) in [6.07, 6.45) is 11.3. The van der Waals surface area contributed by atoms with Gasteiger partial charge in [0.2, 0.25) is 0 Å². The molecule has 5 heteroatoms. The Kier molecular flexibility index (Phi) is 5.81. The quantitative estimate of drug-likeness (QED) is 0.406. The van der Waals surface area contributed by atoms with E-state index in [-0.39, 0.29) is 51.1 Å². The summed E-state index contributed by atoms with van der Waals surface area (Å²) in [4.78, 5) is 26.8. The highest BCUT2D eigenvalue weighted by Crippen LogP contribution is 2.75. The Balaban J connectivity index is 1.37. The zero-order valence-electron chi connectivity index (χ0n) is 24.8. The van der Waals surface area contributed by atoms with Gasteiger partial charge in [-0.25, -0.2) is 0 Å². The first-order valence-corrected chi connectivity index (χ1v) is 15.3. The molecule has 6 aliphatic rings. The molecule has 0 radical (unpaired) electrons. The molecule has 5 aliphatic carbocycles. The summed E-state index contributed by atoms with van der Waals surface area (Å²) in [5.41, 5.74) is 0.453. The third kappa shape index (κ3) is 3.49. The predicted molar refractivity (Wildman–Crippen MR) is 147 cm³/mol. The van der Waals surface area contributed by atoms with Crippen LogP contribution in [0.3, 0.4) is 0 Å². The minimum absolute atomic E-state index is 0.00616. The van der Waals surface area contributed by atoms with Gasteiger partial charge in [-0.05, 0) is 110 Å². The van der Waals surface area contributed by atoms with Gasteiger partial charge in [0.05, 0.1) is 24.7 Å². The molecule has 1 aliphatic heterocycles. The van der Waals surface area contributed by atoms with Crippen LogP contribution in [-0.4, -0.2) is 42.3 Å². The van der Waals surface area contributed by atoms with Crippen molar-refractivity contribution >= 4 is 11.8 Å². The van der Waals surface area contributed by atoms with Crippen LogP contribution in [0, 0.1) is 50.2 Å². The highest BCUT2D eigenvalue weighted by molar-refractivity contribution is 5.95. The van der Waals surface area contributed by atoms with Crippen molar-refractivity contribution < 1.29 is 24.2 Å². The molecule has 4 saturated carbocycles. The van der Waals surface area contributed by atoms with E-state index in [1.165, 1.54) is 5.57 Å². The number of hydrogen-bond acceptors (Lipinski definition) is 4. The molecular formula is C33H50O5. The first kappa shape index (κ1) is 27.0. The van der Waals surface area contributed by atoms with Gasteiger partial charge in [0.1, 0.15) is 6.10 Å². The normalized spacial score (nSPS) is 53.1. The van der Waals surface area contributed by atoms with E-state index in [1.54, 1.807) is 0 Å². The maximum Gasteiger partial charge on any atom is 0.309 e. The Morgan fingerprint density at radius 3 is 2.34 bits per heavy atom. The van der Waals surface area contributed by atoms with Crippen LogP contribution in [0.4, 0.5) is 0 Å². The van der Waals surface area contributed by atoms with Gasteiger partial charge in [-0.3, -0.25) is 9.59 Å². The Morgan fingerprint density at radius 2 is 1.68 bits per heavy atom. The Labute approximate surface area is 229 Å². The standard InChI is InChI=1S/C33H50O5/c1-28(2)24-8-11-33(7)26(31(24,5)10-9-25(28)38-19-20-18-37-20)23(34)16-21-22-17-30(4,27(35)36)13-12-29(22,3)14-15-32(21,33)6/h16,20,22,24-26H,8-15,17-19H2,1-7H3,(H,35,36)/t20?,22-,24-,25-,26+,29+,30-,31-,32+,33+/m0/s1. The van der Waals surface area contributed by atoms with Crippen LogP contribution in [0.1, 0.15) is 106 Å². The zero-order valence-corrected chi connectivity index (χ0v) is 24.8. The lowest BCUT2D eigenvalue weighted by Crippen LogP contribution is -2.66. The molecular weight excluding hydrogens is 476 g/mol. The van der Waals surface area contributed by atoms with Crippen molar-refractivity contribution in [2.45, 2.75) is 118 Å². The van der Waals surface area contributed by atoms with Crippen LogP contribution >= 0.6 is 0 Å². The molecule has 6 rings (SSSR count). The summed E-state index contributed by atoms with van der Waals surface area (Å²) in [6.45, 7) is 17.9. The molecule has 212 valence electrons. The van der Waals surface area contributed by atoms with Crippen molar-refractivity contribution in [2.75, 3.05) is 13.2 Å². The molecule has 1 unspecified atom stereocenters. The second-order valence-corrected chi connectivity index (χ2v) is 16.2. The molecule has 5 nitrogen and oxygen atoms in total. The SMILES string of the molecule is CC1(C)[C@@H](OCC2CO2)CC[C@]2(C)[C@H]3C(=O)C=C4[C@@H]5C[C@@](C)(C(=O)O)CC[C@]5(C)CC[C@@]4(C)[C@]3(C)CC[C@@H]12. The van der Waals surface area contributed by atoms with Gasteiger partial charge in [0.25, 0.3) is 0 Å². The van der Waals surface area contributed by atoms with Crippen molar-refractivity contribution in [3.8, 4) is 0 Å². The number of ether oxygens (including phenoxy) is 2. The molecule has 0 aromatic rings. The average molecular weight is 527 g/mol. The Bertz CT molecular complexity index is 1070. The number of epoxide rings is 1. The van der Waals surface area contributed by atoms with Crippen LogP contribution < -0.4 is 0 Å². The van der Waals surface area contributed by atoms with Crippen molar-refractivity contribution in [1.29, 1.82) is 0 Å². The third-order valence-corrected chi connectivity index (χ3v) is 13.9. The van der Waals surface area contributed by atoms with E-state index in [4.69, 9.17) is 9.47 Å². The molecule has 0 aromatic carbocycles. The molecule has 1 N–H and O–H groups in total. The number of allylic oxidation sites excluding steroid dienone is 2. The largest absolute Gasteiger partial charge is 0.481 e. The fourth-order valence-corrected chi connectivity index (χ4v) is 11.0. The minimum atomic E-state index is -0.707. The van der Waals surface area contributed by atoms with Crippen LogP contribution in [0.2, 0.25) is 0 Å². The van der Waals surface area contributed by atoms with E-state index in [1.807, 2.05) is 6.92 Å². The molecule has 0 amide bonds. The van der Waals surface area contributed by atoms with Crippen LogP contribution in [0.25, 0.3) is 0 Å². The molecule has 38 heavy (non-hydrogen) atoms. The molecule has 1 saturated heterocycles. The maximum atomic E-state index is 14.4. The number of fused-ring (bicyclic) bond motifs is 7. The lowest BCUT2D eigenvalue weighted by molar-refractivity contribution is -0.209. The van der Waals surface area contributed by atoms with Gasteiger partial charge in [-0.1, -0.05) is 47.1 Å². The number of hydrogen-bond donors (Lipinski definition) is 1. The lowest BCUT2D eigenvalue weighted by Gasteiger charge is -2.70. The number of carboxylic acid groups (broad SMARTS) is 1. The summed E-state index contributed by atoms with van der Waals surface area (Å²) < 4.78 is 11.9. The van der Waals surface area contributed by atoms with E-state index >= 15 is 0 Å². The maximum absolute atomic E-state index is 14.4. The number of aliphatic carboxylic acids is 1. The molecule has 1 heterocycles. The van der Waals surface area contributed by atoms with E-state index in [2.05, 4.69) is 47.6 Å². The summed E-state index contributed by atoms with van der Waals surface area (Å²) in [6, 6.07) is 0. The highest BCUT2D eigenvalue weighted by atomic mass is 16.6. The second-order valence-electron chi connectivity index (χ2n) is 16.2. The van der Waals surface area contributed by atoms with Gasteiger partial charge in [0.15, 0.2) is 5.78 Å². The monoisotopic (exact) mass is 526 g/mol. The van der Waals surface area contributed by atoms with Crippen LogP contribution in [-0.2, 0) is 19.1 Å². The molecule has 10 atom stereocenters. The van der Waals surface area contributed by atoms with Crippen molar-refractivity contribution in [3.05, 3.63) is 11.6 Å². The van der Waals surface area contributed by atoms with E-state index < -0.39 is 11.4 Å². The number of rotatable bonds is 4. The molecule has 0 spiro atoms. The van der Waals surface area contributed by atoms with Gasteiger partial charge >= 0.3 is 5.97 Å². The summed E-state index contributed by atoms with van der Waals surface area (Å²) in [5, 5.41) is 10.1. The van der Waals surface area contributed by atoms with E-state index in [9.17, 15) is 14.7 Å². The summed E-state index contributed by atoms with van der Waals surface area (Å²) in [7, 11) is 0. The van der Waals surface area contributed by atoms with E-state index in [0.29, 0.717) is 24.7 Å². The van der Waals surface area contributed by atoms with Gasteiger partial charge in [-0.2, -0.15) is 0 Å². The topological polar surface area (TPSA) is 76.1 Å². The van der Waals surface area contributed by atoms with Gasteiger partial charge in [-0.15, -0.1) is 0 Å². The number of ketones is 1. The van der Waals surface area contributed by atoms with Crippen LogP contribution in [0.15, 0.2) is 11.6 Å². The van der Waals surface area contributed by atoms with Gasteiger partial charge < -0.3 is 14.6 Å². The second kappa shape index (κ2) is 8.18. The fourth-order valence-electron chi connectivity index (χ4n) is 11.0. The fraction of sp³-hybridized carbons (Fsp3) is 0.879. The average Bonchev–Trinajstić information content (AvgIpc) is 3.65. The minimum Gasteiger partial charge on any atom is -0.481 e. The molecule has 0 bridgehead atoms. The first-order chi connectivity index (χ1) is 17.6. The van der Waals surface area contributed by atoms with E-state index in [0.717, 1.165) is 58.0 Å². The van der Waals surface area contributed by atoms with Crippen molar-refractivity contribution in [3.63, 3.8) is 0 Å². The van der Waals surface area contributed by atoms with Crippen LogP contribution in [0.5, 0.6) is 0 Å². The zero-order chi connectivity index (χ0) is 27.5. The third-order valence-electron chi connectivity index (χ3n) is 13.9. The summed E-state index contributed by atoms with van der Waals surface area (Å²) in [5.74, 6) is 0.261. The molecule has 0 aromatic heterocycles. The van der Waals surface area contributed by atoms with Gasteiger partial charge in [0, 0.05) is 5.92 Å².